The molecule has 4 N–H and O–H groups in total. The Bertz CT molecular complexity index is 847. The molecule has 4 atom stereocenters. The average Bonchev–Trinajstić information content (AvgIpc) is 2.79. The molecule has 1 aliphatic heterocycles. The number of phosphoric acid groups is 1. The van der Waals surface area contributed by atoms with Crippen LogP contribution in [-0.2, 0) is 22.7 Å². The monoisotopic (exact) mass is 418 g/mol. The zero-order valence-electron chi connectivity index (χ0n) is 12.7. The van der Waals surface area contributed by atoms with Crippen LogP contribution in [-0.4, -0.2) is 43.3 Å². The van der Waals surface area contributed by atoms with E-state index in [1.807, 2.05) is 0 Å². The molecule has 1 aromatic rings. The summed E-state index contributed by atoms with van der Waals surface area (Å²) in [6.07, 6.45) is -1.89. The fourth-order valence-corrected chi connectivity index (χ4v) is 4.82. The molecule has 0 amide bonds. The third-order valence-corrected chi connectivity index (χ3v) is 6.43. The SMILES string of the molecule is Cc1cn([C@H]2CC(O)[C@@H](COP(=O)(S)OP(=O)(O)O)O2)c(=O)[nH]c1=O. The van der Waals surface area contributed by atoms with E-state index in [1.165, 1.54) is 13.1 Å². The number of H-pyrrole nitrogens is 1. The Morgan fingerprint density at radius 2 is 2.08 bits per heavy atom. The van der Waals surface area contributed by atoms with E-state index in [2.05, 4.69) is 21.5 Å². The highest BCUT2D eigenvalue weighted by molar-refractivity contribution is 8.45. The number of nitrogens with zero attached hydrogens (tertiary/aromatic N) is 1. The van der Waals surface area contributed by atoms with Gasteiger partial charge in [0.15, 0.2) is 0 Å². The molecule has 2 heterocycles. The van der Waals surface area contributed by atoms with Crippen molar-refractivity contribution in [2.45, 2.75) is 31.8 Å². The van der Waals surface area contributed by atoms with E-state index in [4.69, 9.17) is 19.0 Å². The van der Waals surface area contributed by atoms with Crippen molar-refractivity contribution in [1.29, 1.82) is 0 Å². The van der Waals surface area contributed by atoms with Crippen LogP contribution in [0.2, 0.25) is 0 Å². The average molecular weight is 418 g/mol. The molecule has 15 heteroatoms. The van der Waals surface area contributed by atoms with Gasteiger partial charge in [-0.3, -0.25) is 18.9 Å². The Balaban J connectivity index is 2.06. The number of aliphatic hydroxyl groups excluding tert-OH is 1. The lowest BCUT2D eigenvalue weighted by Crippen LogP contribution is -2.33. The maximum Gasteiger partial charge on any atom is 0.477 e. The molecule has 12 nitrogen and oxygen atoms in total. The number of aryl methyl sites for hydroxylation is 1. The molecular formula is C10H16N2O10P2S. The van der Waals surface area contributed by atoms with E-state index in [9.17, 15) is 23.8 Å². The quantitative estimate of drug-likeness (QED) is 0.303. The van der Waals surface area contributed by atoms with Crippen LogP contribution in [0.25, 0.3) is 0 Å². The third kappa shape index (κ3) is 5.61. The van der Waals surface area contributed by atoms with Gasteiger partial charge in [0.2, 0.25) is 0 Å². The minimum absolute atomic E-state index is 0.0321. The molecule has 2 unspecified atom stereocenters. The summed E-state index contributed by atoms with van der Waals surface area (Å²) in [5.41, 5.74) is -1.03. The van der Waals surface area contributed by atoms with Crippen molar-refractivity contribution in [1.82, 2.24) is 9.55 Å². The highest BCUT2D eigenvalue weighted by Crippen LogP contribution is 2.63. The minimum Gasteiger partial charge on any atom is -0.390 e. The van der Waals surface area contributed by atoms with E-state index in [0.29, 0.717) is 0 Å². The van der Waals surface area contributed by atoms with E-state index in [0.717, 1.165) is 4.57 Å². The number of ether oxygens (including phenoxy) is 1. The van der Waals surface area contributed by atoms with Crippen molar-refractivity contribution >= 4 is 26.9 Å². The molecule has 142 valence electrons. The van der Waals surface area contributed by atoms with Crippen molar-refractivity contribution in [2.75, 3.05) is 6.61 Å². The van der Waals surface area contributed by atoms with Crippen LogP contribution < -0.4 is 11.2 Å². The lowest BCUT2D eigenvalue weighted by atomic mass is 10.2. The molecule has 0 saturated carbocycles. The number of hydrogen-bond donors (Lipinski definition) is 5. The van der Waals surface area contributed by atoms with E-state index < -0.39 is 50.9 Å². The summed E-state index contributed by atoms with van der Waals surface area (Å²) in [5.74, 6) is 0. The molecule has 0 spiro atoms. The van der Waals surface area contributed by atoms with Crippen LogP contribution in [0.4, 0.5) is 0 Å². The Morgan fingerprint density at radius 3 is 2.68 bits per heavy atom. The predicted octanol–water partition coefficient (Wildman–Crippen LogP) is -0.343. The third-order valence-electron chi connectivity index (χ3n) is 3.27. The van der Waals surface area contributed by atoms with Gasteiger partial charge in [0.25, 0.3) is 5.56 Å². The summed E-state index contributed by atoms with van der Waals surface area (Å²) in [6, 6.07) is 0. The summed E-state index contributed by atoms with van der Waals surface area (Å²) >= 11 is 3.40. The maximum absolute atomic E-state index is 11.8. The molecule has 0 aliphatic carbocycles. The van der Waals surface area contributed by atoms with Gasteiger partial charge in [0, 0.05) is 18.2 Å². The van der Waals surface area contributed by atoms with Crippen LogP contribution in [0.5, 0.6) is 0 Å². The Kier molecular flexibility index (Phi) is 6.14. The fraction of sp³-hybridized carbons (Fsp3) is 0.600. The van der Waals surface area contributed by atoms with Crippen molar-refractivity contribution < 1.29 is 37.6 Å². The number of hydrogen-bond acceptors (Lipinski definition) is 8. The van der Waals surface area contributed by atoms with Crippen molar-refractivity contribution in [3.05, 3.63) is 32.6 Å². The van der Waals surface area contributed by atoms with Gasteiger partial charge in [-0.05, 0) is 6.92 Å². The van der Waals surface area contributed by atoms with Crippen molar-refractivity contribution in [3.63, 3.8) is 0 Å². The molecule has 25 heavy (non-hydrogen) atoms. The van der Waals surface area contributed by atoms with Crippen LogP contribution >= 0.6 is 26.9 Å². The fourth-order valence-electron chi connectivity index (χ4n) is 2.16. The van der Waals surface area contributed by atoms with E-state index in [1.54, 1.807) is 0 Å². The van der Waals surface area contributed by atoms with Crippen molar-refractivity contribution in [2.24, 2.45) is 0 Å². The minimum atomic E-state index is -5.09. The normalized spacial score (nSPS) is 26.5. The van der Waals surface area contributed by atoms with E-state index in [-0.39, 0.29) is 12.0 Å². The van der Waals surface area contributed by atoms with E-state index >= 15 is 0 Å². The molecule has 0 bridgehead atoms. The van der Waals surface area contributed by atoms with Gasteiger partial charge in [0.1, 0.15) is 12.3 Å². The number of aliphatic hydroxyl groups is 1. The summed E-state index contributed by atoms with van der Waals surface area (Å²) in [5, 5.41) is 9.96. The molecule has 2 rings (SSSR count). The van der Waals surface area contributed by atoms with Crippen molar-refractivity contribution in [3.8, 4) is 0 Å². The molecule has 1 aliphatic rings. The second kappa shape index (κ2) is 7.47. The van der Waals surface area contributed by atoms with Gasteiger partial charge >= 0.3 is 20.3 Å². The van der Waals surface area contributed by atoms with Crippen LogP contribution in [0.15, 0.2) is 15.8 Å². The Labute approximate surface area is 145 Å². The van der Waals surface area contributed by atoms with Gasteiger partial charge < -0.3 is 19.6 Å². The number of thiol groups is 1. The first kappa shape index (κ1) is 20.6. The molecule has 0 aromatic carbocycles. The molecule has 1 fully saturated rings. The first-order valence-corrected chi connectivity index (χ1v) is 11.0. The van der Waals surface area contributed by atoms with Crippen LogP contribution in [0.3, 0.4) is 0 Å². The van der Waals surface area contributed by atoms with Crippen LogP contribution in [0.1, 0.15) is 18.2 Å². The molecule has 1 saturated heterocycles. The summed E-state index contributed by atoms with van der Waals surface area (Å²) in [6.45, 7) is -3.46. The number of aromatic amines is 1. The zero-order valence-corrected chi connectivity index (χ0v) is 15.4. The van der Waals surface area contributed by atoms with Gasteiger partial charge in [-0.2, -0.15) is 4.31 Å². The standard InChI is InChI=1S/C10H16N2O10P2S/c1-5-3-12(10(15)11-9(5)14)8-2-6(13)7(21-8)4-20-24(19,25)22-23(16,17)18/h3,6-8,13H,2,4H2,1H3,(H,19,25)(H,11,14,15)(H2,16,17,18)/t6?,7-,8-,24?/m1/s1. The largest absolute Gasteiger partial charge is 0.477 e. The summed E-state index contributed by atoms with van der Waals surface area (Å²) < 4.78 is 37.4. The predicted molar refractivity (Wildman–Crippen MR) is 86.3 cm³/mol. The maximum atomic E-state index is 11.8. The second-order valence-electron chi connectivity index (χ2n) is 5.25. The number of nitrogens with one attached hydrogen (secondary N) is 1. The molecule has 1 aromatic heterocycles. The topological polar surface area (TPSA) is 177 Å². The first-order valence-electron chi connectivity index (χ1n) is 6.78. The van der Waals surface area contributed by atoms with Gasteiger partial charge in [-0.25, -0.2) is 13.9 Å². The Morgan fingerprint density at radius 1 is 1.44 bits per heavy atom. The lowest BCUT2D eigenvalue weighted by molar-refractivity contribution is -0.0416. The lowest BCUT2D eigenvalue weighted by Gasteiger charge is -2.18. The molecular weight excluding hydrogens is 402 g/mol. The smallest absolute Gasteiger partial charge is 0.390 e. The second-order valence-corrected chi connectivity index (χ2v) is 9.55. The van der Waals surface area contributed by atoms with Gasteiger partial charge in [0.05, 0.1) is 12.7 Å². The number of aromatic nitrogens is 2. The highest BCUT2D eigenvalue weighted by Gasteiger charge is 2.38. The zero-order chi connectivity index (χ0) is 19.0. The Hall–Kier alpha value is -0.750. The number of rotatable bonds is 6. The van der Waals surface area contributed by atoms with Crippen LogP contribution in [0, 0.1) is 6.92 Å². The highest BCUT2D eigenvalue weighted by atomic mass is 32.7. The molecule has 0 radical (unpaired) electrons. The summed E-state index contributed by atoms with van der Waals surface area (Å²) in [4.78, 5) is 42.5. The van der Waals surface area contributed by atoms with Gasteiger partial charge in [-0.15, -0.1) is 0 Å². The van der Waals surface area contributed by atoms with Gasteiger partial charge in [-0.1, -0.05) is 12.2 Å². The summed E-state index contributed by atoms with van der Waals surface area (Å²) in [7, 11) is -5.09. The first-order chi connectivity index (χ1) is 11.4.